The summed E-state index contributed by atoms with van der Waals surface area (Å²) in [5, 5.41) is 9.11. The third-order valence-corrected chi connectivity index (χ3v) is 3.97. The minimum absolute atomic E-state index is 0.0152. The van der Waals surface area contributed by atoms with E-state index in [1.807, 2.05) is 24.3 Å². The molecule has 2 atom stereocenters. The predicted octanol–water partition coefficient (Wildman–Crippen LogP) is 1.40. The average Bonchev–Trinajstić information content (AvgIpc) is 2.79. The van der Waals surface area contributed by atoms with Crippen LogP contribution in [0.4, 0.5) is 0 Å². The van der Waals surface area contributed by atoms with Crippen molar-refractivity contribution in [1.82, 2.24) is 4.90 Å². The monoisotopic (exact) mass is 245 g/mol. The Labute approximate surface area is 105 Å². The van der Waals surface area contributed by atoms with Crippen molar-refractivity contribution in [2.45, 2.75) is 31.2 Å². The van der Waals surface area contributed by atoms with E-state index in [1.165, 1.54) is 5.56 Å². The highest BCUT2D eigenvalue weighted by Crippen LogP contribution is 2.37. The molecule has 4 heteroatoms. The molecule has 1 saturated heterocycles. The number of benzene rings is 1. The van der Waals surface area contributed by atoms with E-state index in [1.54, 1.807) is 4.90 Å². The van der Waals surface area contributed by atoms with Gasteiger partial charge in [0.15, 0.2) is 0 Å². The first-order valence-electron chi connectivity index (χ1n) is 6.29. The van der Waals surface area contributed by atoms with Gasteiger partial charge in [0.2, 0.25) is 5.91 Å². The van der Waals surface area contributed by atoms with Crippen molar-refractivity contribution in [1.29, 1.82) is 0 Å². The van der Waals surface area contributed by atoms with Crippen LogP contribution in [0.3, 0.4) is 0 Å². The number of nitrogens with zero attached hydrogens (tertiary/aromatic N) is 1. The Morgan fingerprint density at radius 2 is 2.06 bits per heavy atom. The number of carbonyl (C=O) groups excluding carboxylic acids is 1. The Balaban J connectivity index is 1.79. The third kappa shape index (κ3) is 1.60. The Morgan fingerprint density at radius 1 is 1.28 bits per heavy atom. The van der Waals surface area contributed by atoms with Gasteiger partial charge in [0.25, 0.3) is 0 Å². The summed E-state index contributed by atoms with van der Waals surface area (Å²) in [5.74, 6) is -1.02. The lowest BCUT2D eigenvalue weighted by molar-refractivity contribution is -0.149. The summed E-state index contributed by atoms with van der Waals surface area (Å²) in [7, 11) is 0. The second-order valence-electron chi connectivity index (χ2n) is 4.98. The summed E-state index contributed by atoms with van der Waals surface area (Å²) >= 11 is 0. The molecule has 1 aliphatic carbocycles. The number of aliphatic carboxylic acids is 1. The van der Waals surface area contributed by atoms with Crippen LogP contribution in [0.1, 0.15) is 29.9 Å². The van der Waals surface area contributed by atoms with Crippen LogP contribution in [0.2, 0.25) is 0 Å². The van der Waals surface area contributed by atoms with Gasteiger partial charge in [0, 0.05) is 6.54 Å². The van der Waals surface area contributed by atoms with Crippen molar-refractivity contribution in [3.63, 3.8) is 0 Å². The van der Waals surface area contributed by atoms with Gasteiger partial charge in [0.05, 0.1) is 5.92 Å². The number of carbonyl (C=O) groups is 2. The van der Waals surface area contributed by atoms with E-state index in [-0.39, 0.29) is 11.8 Å². The largest absolute Gasteiger partial charge is 0.480 e. The average molecular weight is 245 g/mol. The minimum Gasteiger partial charge on any atom is -0.480 e. The summed E-state index contributed by atoms with van der Waals surface area (Å²) in [4.78, 5) is 25.0. The van der Waals surface area contributed by atoms with Crippen LogP contribution in [0.5, 0.6) is 0 Å². The molecule has 0 saturated carbocycles. The molecule has 1 fully saturated rings. The molecule has 0 aromatic heterocycles. The Kier molecular flexibility index (Phi) is 2.58. The molecule has 1 heterocycles. The third-order valence-electron chi connectivity index (χ3n) is 3.97. The van der Waals surface area contributed by atoms with Crippen molar-refractivity contribution in [2.75, 3.05) is 6.54 Å². The van der Waals surface area contributed by atoms with E-state index in [9.17, 15) is 9.59 Å². The Morgan fingerprint density at radius 3 is 2.78 bits per heavy atom. The van der Waals surface area contributed by atoms with Gasteiger partial charge in [-0.15, -0.1) is 0 Å². The van der Waals surface area contributed by atoms with Gasteiger partial charge in [-0.2, -0.15) is 0 Å². The fourth-order valence-corrected chi connectivity index (χ4v) is 2.97. The summed E-state index contributed by atoms with van der Waals surface area (Å²) in [5.41, 5.74) is 2.28. The molecule has 1 aromatic carbocycles. The van der Waals surface area contributed by atoms with Gasteiger partial charge >= 0.3 is 5.97 Å². The van der Waals surface area contributed by atoms with Crippen LogP contribution < -0.4 is 0 Å². The number of likely N-dealkylation sites (tertiary alicyclic amines) is 1. The van der Waals surface area contributed by atoms with E-state index < -0.39 is 12.0 Å². The van der Waals surface area contributed by atoms with E-state index in [4.69, 9.17) is 5.11 Å². The number of carboxylic acids is 1. The van der Waals surface area contributed by atoms with Gasteiger partial charge in [-0.25, -0.2) is 4.79 Å². The number of rotatable bonds is 2. The van der Waals surface area contributed by atoms with Gasteiger partial charge in [-0.1, -0.05) is 24.3 Å². The highest BCUT2D eigenvalue weighted by molar-refractivity contribution is 5.90. The number of fused-ring (bicyclic) bond motifs is 1. The lowest BCUT2D eigenvalue weighted by atomic mass is 9.77. The molecule has 1 aliphatic heterocycles. The SMILES string of the molecule is O=C(O)[C@H]1CCCN1C(=O)C1Cc2ccccc21. The number of amides is 1. The van der Waals surface area contributed by atoms with E-state index in [0.717, 1.165) is 18.4 Å². The normalized spacial score (nSPS) is 25.4. The number of hydrogen-bond donors (Lipinski definition) is 1. The first-order valence-corrected chi connectivity index (χ1v) is 6.29. The maximum atomic E-state index is 12.4. The van der Waals surface area contributed by atoms with Crippen LogP contribution >= 0.6 is 0 Å². The topological polar surface area (TPSA) is 57.6 Å². The molecule has 1 aromatic rings. The van der Waals surface area contributed by atoms with Crippen LogP contribution in [-0.4, -0.2) is 34.5 Å². The highest BCUT2D eigenvalue weighted by atomic mass is 16.4. The quantitative estimate of drug-likeness (QED) is 0.856. The van der Waals surface area contributed by atoms with Crippen LogP contribution in [0.25, 0.3) is 0 Å². The Bertz CT molecular complexity index is 512. The zero-order valence-electron chi connectivity index (χ0n) is 10.0. The van der Waals surface area contributed by atoms with Crippen LogP contribution in [0.15, 0.2) is 24.3 Å². The fraction of sp³-hybridized carbons (Fsp3) is 0.429. The summed E-state index contributed by atoms with van der Waals surface area (Å²) in [6.45, 7) is 0.578. The van der Waals surface area contributed by atoms with E-state index in [2.05, 4.69) is 0 Å². The van der Waals surface area contributed by atoms with Crippen molar-refractivity contribution in [3.8, 4) is 0 Å². The van der Waals surface area contributed by atoms with Crippen LogP contribution in [-0.2, 0) is 16.0 Å². The predicted molar refractivity (Wildman–Crippen MR) is 65.3 cm³/mol. The summed E-state index contributed by atoms with van der Waals surface area (Å²) in [6.07, 6.45) is 2.12. The molecule has 0 radical (unpaired) electrons. The van der Waals surface area contributed by atoms with Gasteiger partial charge in [-0.3, -0.25) is 4.79 Å². The number of carboxylic acid groups (broad SMARTS) is 1. The maximum Gasteiger partial charge on any atom is 0.326 e. The molecule has 1 N–H and O–H groups in total. The number of hydrogen-bond acceptors (Lipinski definition) is 2. The van der Waals surface area contributed by atoms with E-state index >= 15 is 0 Å². The van der Waals surface area contributed by atoms with Gasteiger partial charge < -0.3 is 10.0 Å². The molecule has 2 aliphatic rings. The maximum absolute atomic E-state index is 12.4. The zero-order valence-corrected chi connectivity index (χ0v) is 10.0. The molecule has 18 heavy (non-hydrogen) atoms. The first-order chi connectivity index (χ1) is 8.68. The van der Waals surface area contributed by atoms with Crippen molar-refractivity contribution >= 4 is 11.9 Å². The van der Waals surface area contributed by atoms with Crippen molar-refractivity contribution in [2.24, 2.45) is 0 Å². The Hall–Kier alpha value is -1.84. The first kappa shape index (κ1) is 11.3. The lowest BCUT2D eigenvalue weighted by Gasteiger charge is -2.33. The minimum atomic E-state index is -0.881. The van der Waals surface area contributed by atoms with Crippen molar-refractivity contribution < 1.29 is 14.7 Å². The summed E-state index contributed by atoms with van der Waals surface area (Å²) in [6, 6.07) is 7.27. The van der Waals surface area contributed by atoms with Gasteiger partial charge in [0.1, 0.15) is 6.04 Å². The molecule has 1 amide bonds. The smallest absolute Gasteiger partial charge is 0.326 e. The molecule has 94 valence electrons. The molecular weight excluding hydrogens is 230 g/mol. The van der Waals surface area contributed by atoms with E-state index in [0.29, 0.717) is 13.0 Å². The van der Waals surface area contributed by atoms with Crippen molar-refractivity contribution in [3.05, 3.63) is 35.4 Å². The fourth-order valence-electron chi connectivity index (χ4n) is 2.97. The molecule has 1 unspecified atom stereocenters. The second-order valence-corrected chi connectivity index (χ2v) is 4.98. The summed E-state index contributed by atoms with van der Waals surface area (Å²) < 4.78 is 0. The molecule has 0 spiro atoms. The van der Waals surface area contributed by atoms with Gasteiger partial charge in [-0.05, 0) is 30.4 Å². The lowest BCUT2D eigenvalue weighted by Crippen LogP contribution is -2.45. The highest BCUT2D eigenvalue weighted by Gasteiger charge is 2.40. The van der Waals surface area contributed by atoms with Crippen LogP contribution in [0, 0.1) is 0 Å². The molecule has 3 rings (SSSR count). The standard InChI is InChI=1S/C14H15NO3/c16-13(15-7-3-6-12(15)14(17)18)11-8-9-4-1-2-5-10(9)11/h1-2,4-5,11-12H,3,6-8H2,(H,17,18)/t11?,12-/m1/s1. The molecule has 0 bridgehead atoms. The molecule has 4 nitrogen and oxygen atoms in total. The molecular formula is C14H15NO3. The zero-order chi connectivity index (χ0) is 12.7. The second kappa shape index (κ2) is 4.12.